The highest BCUT2D eigenvalue weighted by Gasteiger charge is 2.18. The molecule has 1 aromatic heterocycles. The maximum atomic E-state index is 13.6. The number of benzene rings is 3. The van der Waals surface area contributed by atoms with E-state index in [1.54, 1.807) is 6.07 Å². The first-order valence-corrected chi connectivity index (χ1v) is 8.37. The van der Waals surface area contributed by atoms with Gasteiger partial charge in [-0.05, 0) is 67.8 Å². The van der Waals surface area contributed by atoms with Crippen molar-refractivity contribution in [2.75, 3.05) is 0 Å². The zero-order valence-corrected chi connectivity index (χ0v) is 14.5. The van der Waals surface area contributed by atoms with Gasteiger partial charge in [-0.2, -0.15) is 0 Å². The van der Waals surface area contributed by atoms with Crippen LogP contribution in [0.3, 0.4) is 0 Å². The summed E-state index contributed by atoms with van der Waals surface area (Å²) < 4.78 is 15.8. The Balaban J connectivity index is 2.13. The molecule has 1 heterocycles. The topological polar surface area (TPSA) is 17.8 Å². The van der Waals surface area contributed by atoms with Gasteiger partial charge in [0.25, 0.3) is 0 Å². The fourth-order valence-corrected chi connectivity index (χ4v) is 3.47. The number of aromatic nitrogens is 2. The van der Waals surface area contributed by atoms with Crippen LogP contribution in [0.25, 0.3) is 28.1 Å². The standard InChI is InChI=1S/C22H19FN2/c1-14-7-6-8-15(2)21(14)25-20-10-5-4-9-19(20)24-22(25)18-12-11-17(23)13-16(18)3/h4-13H,1-3H3. The van der Waals surface area contributed by atoms with Gasteiger partial charge in [-0.1, -0.05) is 30.3 Å². The molecule has 3 aromatic carbocycles. The molecule has 0 saturated heterocycles. The number of nitrogens with zero attached hydrogens (tertiary/aromatic N) is 2. The van der Waals surface area contributed by atoms with E-state index < -0.39 is 0 Å². The summed E-state index contributed by atoms with van der Waals surface area (Å²) in [5, 5.41) is 0. The average molecular weight is 330 g/mol. The third kappa shape index (κ3) is 2.52. The first kappa shape index (κ1) is 15.6. The van der Waals surface area contributed by atoms with Crippen molar-refractivity contribution < 1.29 is 4.39 Å². The Morgan fingerprint density at radius 3 is 2.24 bits per heavy atom. The summed E-state index contributed by atoms with van der Waals surface area (Å²) in [5.74, 6) is 0.618. The second-order valence-corrected chi connectivity index (χ2v) is 6.46. The fraction of sp³-hybridized carbons (Fsp3) is 0.136. The van der Waals surface area contributed by atoms with Crippen LogP contribution in [0.4, 0.5) is 4.39 Å². The van der Waals surface area contributed by atoms with Crippen molar-refractivity contribution in [2.24, 2.45) is 0 Å². The van der Waals surface area contributed by atoms with E-state index in [2.05, 4.69) is 42.7 Å². The first-order valence-electron chi connectivity index (χ1n) is 8.37. The Labute approximate surface area is 146 Å². The third-order valence-corrected chi connectivity index (χ3v) is 4.65. The Kier molecular flexibility index (Phi) is 3.65. The van der Waals surface area contributed by atoms with Crippen LogP contribution in [0.5, 0.6) is 0 Å². The third-order valence-electron chi connectivity index (χ3n) is 4.65. The number of aryl methyl sites for hydroxylation is 3. The van der Waals surface area contributed by atoms with E-state index in [4.69, 9.17) is 4.98 Å². The molecule has 3 heteroatoms. The summed E-state index contributed by atoms with van der Waals surface area (Å²) >= 11 is 0. The lowest BCUT2D eigenvalue weighted by molar-refractivity contribution is 0.627. The molecule has 124 valence electrons. The zero-order chi connectivity index (χ0) is 17.6. The van der Waals surface area contributed by atoms with E-state index in [1.165, 1.54) is 17.2 Å². The number of imidazole rings is 1. The van der Waals surface area contributed by atoms with E-state index in [0.717, 1.165) is 33.7 Å². The van der Waals surface area contributed by atoms with Gasteiger partial charge in [0.15, 0.2) is 0 Å². The predicted octanol–water partition coefficient (Wildman–Crippen LogP) is 5.76. The quantitative estimate of drug-likeness (QED) is 0.457. The molecule has 2 nitrogen and oxygen atoms in total. The van der Waals surface area contributed by atoms with Crippen molar-refractivity contribution in [2.45, 2.75) is 20.8 Å². The van der Waals surface area contributed by atoms with E-state index >= 15 is 0 Å². The van der Waals surface area contributed by atoms with Crippen LogP contribution in [0.1, 0.15) is 16.7 Å². The number of halogens is 1. The monoisotopic (exact) mass is 330 g/mol. The van der Waals surface area contributed by atoms with Gasteiger partial charge in [0.05, 0.1) is 16.7 Å². The van der Waals surface area contributed by atoms with Crippen LogP contribution in [0, 0.1) is 26.6 Å². The molecule has 0 spiro atoms. The van der Waals surface area contributed by atoms with Crippen molar-refractivity contribution in [3.8, 4) is 17.1 Å². The van der Waals surface area contributed by atoms with Crippen LogP contribution in [0.15, 0.2) is 60.7 Å². The lowest BCUT2D eigenvalue weighted by Gasteiger charge is -2.16. The highest BCUT2D eigenvalue weighted by molar-refractivity contribution is 5.84. The highest BCUT2D eigenvalue weighted by atomic mass is 19.1. The number of rotatable bonds is 2. The first-order chi connectivity index (χ1) is 12.1. The second kappa shape index (κ2) is 5.85. The summed E-state index contributed by atoms with van der Waals surface area (Å²) in [4.78, 5) is 4.87. The fourth-order valence-electron chi connectivity index (χ4n) is 3.47. The molecule has 0 bridgehead atoms. The minimum absolute atomic E-state index is 0.226. The lowest BCUT2D eigenvalue weighted by atomic mass is 10.1. The molecular weight excluding hydrogens is 311 g/mol. The molecule has 0 atom stereocenters. The van der Waals surface area contributed by atoms with Gasteiger partial charge in [-0.15, -0.1) is 0 Å². The molecule has 0 aliphatic rings. The van der Waals surface area contributed by atoms with Gasteiger partial charge in [-0.3, -0.25) is 4.57 Å². The summed E-state index contributed by atoms with van der Waals surface area (Å²) in [6, 6.07) is 19.3. The van der Waals surface area contributed by atoms with Crippen molar-refractivity contribution in [3.05, 3.63) is 83.2 Å². The number of fused-ring (bicyclic) bond motifs is 1. The normalized spacial score (nSPS) is 11.2. The second-order valence-electron chi connectivity index (χ2n) is 6.46. The summed E-state index contributed by atoms with van der Waals surface area (Å²) in [7, 11) is 0. The molecule has 0 saturated carbocycles. The minimum atomic E-state index is -0.226. The highest BCUT2D eigenvalue weighted by Crippen LogP contribution is 2.33. The molecule has 25 heavy (non-hydrogen) atoms. The Bertz CT molecular complexity index is 1070. The summed E-state index contributed by atoms with van der Waals surface area (Å²) in [6.07, 6.45) is 0. The Morgan fingerprint density at radius 2 is 1.52 bits per heavy atom. The number of para-hydroxylation sites is 3. The molecule has 0 fully saturated rings. The Morgan fingerprint density at radius 1 is 0.800 bits per heavy atom. The van der Waals surface area contributed by atoms with Crippen LogP contribution >= 0.6 is 0 Å². The van der Waals surface area contributed by atoms with Gasteiger partial charge in [0, 0.05) is 5.56 Å². The van der Waals surface area contributed by atoms with Crippen molar-refractivity contribution in [3.63, 3.8) is 0 Å². The van der Waals surface area contributed by atoms with Gasteiger partial charge in [-0.25, -0.2) is 9.37 Å². The van der Waals surface area contributed by atoms with Gasteiger partial charge < -0.3 is 0 Å². The predicted molar refractivity (Wildman–Crippen MR) is 101 cm³/mol. The van der Waals surface area contributed by atoms with Crippen LogP contribution in [0.2, 0.25) is 0 Å². The van der Waals surface area contributed by atoms with Crippen LogP contribution in [-0.4, -0.2) is 9.55 Å². The summed E-state index contributed by atoms with van der Waals surface area (Å²) in [6.45, 7) is 6.14. The zero-order valence-electron chi connectivity index (χ0n) is 14.5. The molecule has 0 aliphatic heterocycles. The van der Waals surface area contributed by atoms with E-state index in [0.29, 0.717) is 0 Å². The lowest BCUT2D eigenvalue weighted by Crippen LogP contribution is -2.03. The number of hydrogen-bond donors (Lipinski definition) is 0. The molecule has 0 amide bonds. The summed E-state index contributed by atoms with van der Waals surface area (Å²) in [5.41, 5.74) is 7.31. The smallest absolute Gasteiger partial charge is 0.146 e. The van der Waals surface area contributed by atoms with Crippen LogP contribution in [-0.2, 0) is 0 Å². The van der Waals surface area contributed by atoms with Crippen molar-refractivity contribution in [1.29, 1.82) is 0 Å². The maximum absolute atomic E-state index is 13.6. The molecule has 0 radical (unpaired) electrons. The van der Waals surface area contributed by atoms with E-state index in [1.807, 2.05) is 31.2 Å². The van der Waals surface area contributed by atoms with Gasteiger partial charge >= 0.3 is 0 Å². The van der Waals surface area contributed by atoms with Gasteiger partial charge in [0.1, 0.15) is 11.6 Å². The SMILES string of the molecule is Cc1cc(F)ccc1-c1nc2ccccc2n1-c1c(C)cccc1C. The van der Waals surface area contributed by atoms with E-state index in [9.17, 15) is 4.39 Å². The molecule has 4 rings (SSSR count). The molecule has 4 aromatic rings. The molecular formula is C22H19FN2. The maximum Gasteiger partial charge on any atom is 0.146 e. The van der Waals surface area contributed by atoms with Crippen molar-refractivity contribution >= 4 is 11.0 Å². The minimum Gasteiger partial charge on any atom is -0.292 e. The molecule has 0 unspecified atom stereocenters. The van der Waals surface area contributed by atoms with Gasteiger partial charge in [0.2, 0.25) is 0 Å². The van der Waals surface area contributed by atoms with Crippen molar-refractivity contribution in [1.82, 2.24) is 9.55 Å². The largest absolute Gasteiger partial charge is 0.292 e. The Hall–Kier alpha value is -2.94. The average Bonchev–Trinajstić information content (AvgIpc) is 2.94. The molecule has 0 N–H and O–H groups in total. The van der Waals surface area contributed by atoms with E-state index in [-0.39, 0.29) is 5.82 Å². The number of hydrogen-bond acceptors (Lipinski definition) is 1. The molecule has 0 aliphatic carbocycles. The van der Waals surface area contributed by atoms with Crippen LogP contribution < -0.4 is 0 Å².